The topological polar surface area (TPSA) is 74.8 Å². The van der Waals surface area contributed by atoms with Crippen LogP contribution in [0.4, 0.5) is 13.2 Å². The van der Waals surface area contributed by atoms with E-state index < -0.39 is 17.0 Å². The minimum Gasteiger partial charge on any atom is -0.341 e. The van der Waals surface area contributed by atoms with Gasteiger partial charge in [0, 0.05) is 16.9 Å². The van der Waals surface area contributed by atoms with Gasteiger partial charge in [0.05, 0.1) is 5.54 Å². The highest BCUT2D eigenvalue weighted by Crippen LogP contribution is 2.46. The van der Waals surface area contributed by atoms with Crippen molar-refractivity contribution in [1.82, 2.24) is 15.3 Å². The molecule has 2 saturated carbocycles. The van der Waals surface area contributed by atoms with Crippen LogP contribution in [0, 0.1) is 0 Å². The fourth-order valence-electron chi connectivity index (χ4n) is 3.01. The molecule has 4 rings (SSSR count). The zero-order chi connectivity index (χ0) is 19.2. The van der Waals surface area contributed by atoms with Gasteiger partial charge in [-0.3, -0.25) is 9.59 Å². The molecular weight excluding hydrogens is 379 g/mol. The summed E-state index contributed by atoms with van der Waals surface area (Å²) in [4.78, 5) is 31.4. The predicted molar refractivity (Wildman–Crippen MR) is 93.6 cm³/mol. The number of benzene rings is 1. The summed E-state index contributed by atoms with van der Waals surface area (Å²) in [7, 11) is 0. The maximum absolute atomic E-state index is 12.6. The molecule has 0 bridgehead atoms. The molecule has 1 aromatic carbocycles. The first kappa shape index (κ1) is 18.1. The van der Waals surface area contributed by atoms with Crippen molar-refractivity contribution >= 4 is 17.7 Å². The van der Waals surface area contributed by atoms with E-state index in [0.29, 0.717) is 18.7 Å². The van der Waals surface area contributed by atoms with Crippen molar-refractivity contribution in [3.63, 3.8) is 0 Å². The Morgan fingerprint density at radius 2 is 1.89 bits per heavy atom. The van der Waals surface area contributed by atoms with E-state index in [-0.39, 0.29) is 33.8 Å². The van der Waals surface area contributed by atoms with Crippen LogP contribution < -0.4 is 10.9 Å². The molecule has 0 radical (unpaired) electrons. The van der Waals surface area contributed by atoms with Crippen LogP contribution in [0.15, 0.2) is 40.0 Å². The second-order valence-corrected chi connectivity index (χ2v) is 8.04. The molecule has 2 aromatic rings. The molecular formula is C18H16F3N3O2S. The molecule has 27 heavy (non-hydrogen) atoms. The highest BCUT2D eigenvalue weighted by molar-refractivity contribution is 8.00. The quantitative estimate of drug-likeness (QED) is 0.758. The Hall–Kier alpha value is -2.29. The van der Waals surface area contributed by atoms with Gasteiger partial charge in [-0.25, -0.2) is 4.98 Å². The Bertz CT molecular complexity index is 932. The summed E-state index contributed by atoms with van der Waals surface area (Å²) in [6.07, 6.45) is 3.26. The highest BCUT2D eigenvalue weighted by Gasteiger charge is 2.46. The predicted octanol–water partition coefficient (Wildman–Crippen LogP) is 3.68. The molecule has 0 atom stereocenters. The number of aromatic nitrogens is 2. The molecule has 2 aliphatic rings. The molecule has 2 aliphatic carbocycles. The van der Waals surface area contributed by atoms with Crippen LogP contribution in [0.1, 0.15) is 53.5 Å². The molecule has 2 N–H and O–H groups in total. The van der Waals surface area contributed by atoms with Gasteiger partial charge in [-0.2, -0.15) is 13.2 Å². The molecule has 2 fully saturated rings. The number of nitrogens with zero attached hydrogens (tertiary/aromatic N) is 1. The van der Waals surface area contributed by atoms with Crippen molar-refractivity contribution in [2.24, 2.45) is 0 Å². The fraction of sp³-hybridized carbons (Fsp3) is 0.389. The van der Waals surface area contributed by atoms with E-state index in [1.54, 1.807) is 12.1 Å². The standard InChI is InChI=1S/C18H16F3N3O2S/c19-18(20,21)27-12-5-3-11(4-6-12)17(7-8-17)24-16(26)13-9-14(25)23-15(22-13)10-1-2-10/h3-6,9-10H,1-2,7-8H2,(H,24,26)(H,22,23,25). The molecule has 9 heteroatoms. The van der Waals surface area contributed by atoms with Gasteiger partial charge in [-0.05, 0) is 55.1 Å². The number of rotatable bonds is 5. The molecule has 0 aliphatic heterocycles. The Balaban J connectivity index is 1.50. The van der Waals surface area contributed by atoms with Gasteiger partial charge >= 0.3 is 5.51 Å². The van der Waals surface area contributed by atoms with Crippen LogP contribution in [-0.4, -0.2) is 21.4 Å². The number of hydrogen-bond acceptors (Lipinski definition) is 4. The van der Waals surface area contributed by atoms with Crippen LogP contribution >= 0.6 is 11.8 Å². The van der Waals surface area contributed by atoms with Crippen LogP contribution in [-0.2, 0) is 5.54 Å². The number of carbonyl (C=O) groups excluding carboxylic acids is 1. The Kier molecular flexibility index (Phi) is 4.29. The SMILES string of the molecule is O=C(NC1(c2ccc(SC(F)(F)F)cc2)CC1)c1cc(=O)[nH]c(C2CC2)n1. The van der Waals surface area contributed by atoms with Gasteiger partial charge in [0.25, 0.3) is 11.5 Å². The lowest BCUT2D eigenvalue weighted by atomic mass is 10.0. The number of alkyl halides is 3. The lowest BCUT2D eigenvalue weighted by molar-refractivity contribution is -0.0328. The molecule has 0 saturated heterocycles. The minimum atomic E-state index is -4.34. The van der Waals surface area contributed by atoms with Crippen LogP contribution in [0.25, 0.3) is 0 Å². The number of amides is 1. The van der Waals surface area contributed by atoms with Gasteiger partial charge in [0.2, 0.25) is 0 Å². The van der Waals surface area contributed by atoms with Crippen LogP contribution in [0.2, 0.25) is 0 Å². The zero-order valence-corrected chi connectivity index (χ0v) is 14.9. The maximum Gasteiger partial charge on any atom is 0.446 e. The molecule has 1 amide bonds. The zero-order valence-electron chi connectivity index (χ0n) is 14.1. The van der Waals surface area contributed by atoms with E-state index in [9.17, 15) is 22.8 Å². The second-order valence-electron chi connectivity index (χ2n) is 6.90. The van der Waals surface area contributed by atoms with Crippen molar-refractivity contribution in [2.45, 2.75) is 47.5 Å². The van der Waals surface area contributed by atoms with E-state index in [0.717, 1.165) is 18.4 Å². The molecule has 0 unspecified atom stereocenters. The van der Waals surface area contributed by atoms with E-state index in [2.05, 4.69) is 15.3 Å². The molecule has 1 heterocycles. The third-order valence-corrected chi connectivity index (χ3v) is 5.44. The van der Waals surface area contributed by atoms with Gasteiger partial charge in [-0.1, -0.05) is 12.1 Å². The molecule has 142 valence electrons. The third kappa shape index (κ3) is 4.18. The van der Waals surface area contributed by atoms with E-state index >= 15 is 0 Å². The summed E-state index contributed by atoms with van der Waals surface area (Å²) in [6.45, 7) is 0. The third-order valence-electron chi connectivity index (χ3n) is 4.70. The van der Waals surface area contributed by atoms with E-state index in [1.165, 1.54) is 18.2 Å². The van der Waals surface area contributed by atoms with Crippen molar-refractivity contribution in [2.75, 3.05) is 0 Å². The number of carbonyl (C=O) groups is 1. The second kappa shape index (κ2) is 6.40. The number of thioether (sulfide) groups is 1. The van der Waals surface area contributed by atoms with Crippen molar-refractivity contribution in [3.8, 4) is 0 Å². The Labute approximate surface area is 156 Å². The Morgan fingerprint density at radius 3 is 2.44 bits per heavy atom. The summed E-state index contributed by atoms with van der Waals surface area (Å²) >= 11 is -0.173. The largest absolute Gasteiger partial charge is 0.446 e. The first-order valence-electron chi connectivity index (χ1n) is 8.54. The number of aromatic amines is 1. The minimum absolute atomic E-state index is 0.0659. The molecule has 5 nitrogen and oxygen atoms in total. The summed E-state index contributed by atoms with van der Waals surface area (Å²) in [5, 5.41) is 2.90. The van der Waals surface area contributed by atoms with E-state index in [4.69, 9.17) is 0 Å². The lowest BCUT2D eigenvalue weighted by Crippen LogP contribution is -2.36. The molecule has 0 spiro atoms. The lowest BCUT2D eigenvalue weighted by Gasteiger charge is -2.18. The van der Waals surface area contributed by atoms with Crippen LogP contribution in [0.3, 0.4) is 0 Å². The van der Waals surface area contributed by atoms with Crippen molar-refractivity contribution < 1.29 is 18.0 Å². The highest BCUT2D eigenvalue weighted by atomic mass is 32.2. The monoisotopic (exact) mass is 395 g/mol. The van der Waals surface area contributed by atoms with Gasteiger partial charge in [-0.15, -0.1) is 0 Å². The van der Waals surface area contributed by atoms with Crippen LogP contribution in [0.5, 0.6) is 0 Å². The van der Waals surface area contributed by atoms with Crippen molar-refractivity contribution in [3.05, 3.63) is 57.8 Å². The molecule has 1 aromatic heterocycles. The number of halogens is 3. The summed E-state index contributed by atoms with van der Waals surface area (Å²) in [5.41, 5.74) is -4.50. The fourth-order valence-corrected chi connectivity index (χ4v) is 3.55. The van der Waals surface area contributed by atoms with Gasteiger partial charge < -0.3 is 10.3 Å². The van der Waals surface area contributed by atoms with Crippen molar-refractivity contribution in [1.29, 1.82) is 0 Å². The summed E-state index contributed by atoms with van der Waals surface area (Å²) in [6, 6.07) is 7.16. The smallest absolute Gasteiger partial charge is 0.341 e. The van der Waals surface area contributed by atoms with Gasteiger partial charge in [0.15, 0.2) is 0 Å². The maximum atomic E-state index is 12.6. The number of H-pyrrole nitrogens is 1. The first-order valence-corrected chi connectivity index (χ1v) is 9.36. The summed E-state index contributed by atoms with van der Waals surface area (Å²) in [5.74, 6) is 0.291. The Morgan fingerprint density at radius 1 is 1.22 bits per heavy atom. The van der Waals surface area contributed by atoms with E-state index in [1.807, 2.05) is 0 Å². The van der Waals surface area contributed by atoms with Gasteiger partial charge in [0.1, 0.15) is 11.5 Å². The average Bonchev–Trinajstić information content (AvgIpc) is 3.48. The number of hydrogen-bond donors (Lipinski definition) is 2. The summed E-state index contributed by atoms with van der Waals surface area (Å²) < 4.78 is 37.3. The average molecular weight is 395 g/mol. The first-order chi connectivity index (χ1) is 12.7. The number of nitrogens with one attached hydrogen (secondary N) is 2. The normalized spacial score (nSPS) is 18.2.